The van der Waals surface area contributed by atoms with Crippen LogP contribution in [0.15, 0.2) is 45.8 Å². The van der Waals surface area contributed by atoms with Gasteiger partial charge in [-0.05, 0) is 70.1 Å². The van der Waals surface area contributed by atoms with Crippen LogP contribution in [0, 0.1) is 0 Å². The Balaban J connectivity index is 1.92. The van der Waals surface area contributed by atoms with E-state index in [1.807, 2.05) is 12.1 Å². The Kier molecular flexibility index (Phi) is 3.80. The maximum Gasteiger partial charge on any atom is 0.183 e. The molecule has 2 aromatic carbocycles. The van der Waals surface area contributed by atoms with Gasteiger partial charge in [0.2, 0.25) is 0 Å². The van der Waals surface area contributed by atoms with Gasteiger partial charge < -0.3 is 5.73 Å². The summed E-state index contributed by atoms with van der Waals surface area (Å²) in [7, 11) is -3.38. The van der Waals surface area contributed by atoms with Crippen LogP contribution in [0.25, 0.3) is 0 Å². The minimum absolute atomic E-state index is 0.0167. The van der Waals surface area contributed by atoms with Gasteiger partial charge in [0.15, 0.2) is 9.84 Å². The van der Waals surface area contributed by atoms with Crippen molar-refractivity contribution in [3.05, 3.63) is 57.6 Å². The Morgan fingerprint density at radius 1 is 1.05 bits per heavy atom. The SMILES string of the molecule is Nc1ccc(S(=O)(=O)Cc2ccc3c(c2)CCC3)c(Br)c1. The molecule has 0 saturated heterocycles. The molecule has 5 heteroatoms. The zero-order chi connectivity index (χ0) is 15.0. The predicted octanol–water partition coefficient (Wildman–Crippen LogP) is 3.49. The molecule has 0 heterocycles. The van der Waals surface area contributed by atoms with Gasteiger partial charge in [-0.2, -0.15) is 0 Å². The number of benzene rings is 2. The number of anilines is 1. The third-order valence-electron chi connectivity index (χ3n) is 3.81. The molecule has 0 unspecified atom stereocenters. The van der Waals surface area contributed by atoms with Crippen molar-refractivity contribution in [2.24, 2.45) is 0 Å². The first-order chi connectivity index (χ1) is 9.95. The van der Waals surface area contributed by atoms with E-state index in [0.717, 1.165) is 24.8 Å². The molecule has 1 aliphatic rings. The minimum atomic E-state index is -3.38. The second kappa shape index (κ2) is 5.46. The standard InChI is InChI=1S/C16H16BrNO2S/c17-15-9-14(18)6-7-16(15)21(19,20)10-11-4-5-12-2-1-3-13(12)8-11/h4-9H,1-3,10,18H2. The number of sulfone groups is 1. The second-order valence-electron chi connectivity index (χ2n) is 5.41. The third kappa shape index (κ3) is 2.99. The lowest BCUT2D eigenvalue weighted by Gasteiger charge is -2.09. The highest BCUT2D eigenvalue weighted by atomic mass is 79.9. The minimum Gasteiger partial charge on any atom is -0.399 e. The molecule has 0 amide bonds. The van der Waals surface area contributed by atoms with Crippen LogP contribution in [-0.4, -0.2) is 8.42 Å². The molecule has 0 bridgehead atoms. The Morgan fingerprint density at radius 2 is 1.81 bits per heavy atom. The first-order valence-corrected chi connectivity index (χ1v) is 9.29. The molecule has 0 spiro atoms. The zero-order valence-electron chi connectivity index (χ0n) is 11.5. The smallest absolute Gasteiger partial charge is 0.183 e. The van der Waals surface area contributed by atoms with E-state index >= 15 is 0 Å². The van der Waals surface area contributed by atoms with Crippen molar-refractivity contribution in [1.82, 2.24) is 0 Å². The summed E-state index contributed by atoms with van der Waals surface area (Å²) in [5, 5.41) is 0. The molecule has 3 rings (SSSR count). The van der Waals surface area contributed by atoms with Gasteiger partial charge in [0.1, 0.15) is 0 Å². The van der Waals surface area contributed by atoms with Crippen molar-refractivity contribution in [3.8, 4) is 0 Å². The lowest BCUT2D eigenvalue weighted by Crippen LogP contribution is -2.06. The molecule has 2 N–H and O–H groups in total. The maximum atomic E-state index is 12.6. The number of rotatable bonds is 3. The lowest BCUT2D eigenvalue weighted by molar-refractivity contribution is 0.595. The maximum absolute atomic E-state index is 12.6. The molecule has 0 atom stereocenters. The molecule has 0 fully saturated rings. The van der Waals surface area contributed by atoms with Crippen molar-refractivity contribution < 1.29 is 8.42 Å². The Labute approximate surface area is 133 Å². The van der Waals surface area contributed by atoms with Gasteiger partial charge in [0.25, 0.3) is 0 Å². The number of aryl methyl sites for hydroxylation is 2. The van der Waals surface area contributed by atoms with Gasteiger partial charge in [-0.3, -0.25) is 0 Å². The van der Waals surface area contributed by atoms with Gasteiger partial charge >= 0.3 is 0 Å². The quantitative estimate of drug-likeness (QED) is 0.846. The van der Waals surface area contributed by atoms with Gasteiger partial charge in [-0.15, -0.1) is 0 Å². The number of halogens is 1. The largest absolute Gasteiger partial charge is 0.399 e. The van der Waals surface area contributed by atoms with Crippen LogP contribution in [0.2, 0.25) is 0 Å². The van der Waals surface area contributed by atoms with Gasteiger partial charge in [0, 0.05) is 10.2 Å². The number of nitrogen functional groups attached to an aromatic ring is 1. The third-order valence-corrected chi connectivity index (χ3v) is 6.47. The normalized spacial score (nSPS) is 14.1. The van der Waals surface area contributed by atoms with E-state index < -0.39 is 9.84 Å². The number of nitrogens with two attached hydrogens (primary N) is 1. The number of hydrogen-bond donors (Lipinski definition) is 1. The van der Waals surface area contributed by atoms with Crippen LogP contribution < -0.4 is 5.73 Å². The molecule has 3 nitrogen and oxygen atoms in total. The number of fused-ring (bicyclic) bond motifs is 1. The highest BCUT2D eigenvalue weighted by Crippen LogP contribution is 2.29. The van der Waals surface area contributed by atoms with E-state index in [-0.39, 0.29) is 10.6 Å². The molecule has 1 aliphatic carbocycles. The summed E-state index contributed by atoms with van der Waals surface area (Å²) in [4.78, 5) is 0.289. The van der Waals surface area contributed by atoms with E-state index in [4.69, 9.17) is 5.73 Å². The summed E-state index contributed by atoms with van der Waals surface area (Å²) >= 11 is 3.29. The summed E-state index contributed by atoms with van der Waals surface area (Å²) < 4.78 is 25.6. The fourth-order valence-corrected chi connectivity index (χ4v) is 5.32. The Bertz CT molecular complexity index is 800. The topological polar surface area (TPSA) is 60.2 Å². The first kappa shape index (κ1) is 14.6. The highest BCUT2D eigenvalue weighted by molar-refractivity contribution is 9.10. The average molecular weight is 366 g/mol. The fraction of sp³-hybridized carbons (Fsp3) is 0.250. The molecule has 0 radical (unpaired) electrons. The molecule has 0 saturated carbocycles. The Morgan fingerprint density at radius 3 is 2.57 bits per heavy atom. The monoisotopic (exact) mass is 365 g/mol. The van der Waals surface area contributed by atoms with Crippen molar-refractivity contribution in [2.45, 2.75) is 29.9 Å². The summed E-state index contributed by atoms with van der Waals surface area (Å²) in [6.07, 6.45) is 3.32. The molecule has 21 heavy (non-hydrogen) atoms. The number of hydrogen-bond acceptors (Lipinski definition) is 3. The van der Waals surface area contributed by atoms with Crippen LogP contribution in [0.4, 0.5) is 5.69 Å². The first-order valence-electron chi connectivity index (χ1n) is 6.84. The van der Waals surface area contributed by atoms with Crippen molar-refractivity contribution in [3.63, 3.8) is 0 Å². The van der Waals surface area contributed by atoms with E-state index in [1.54, 1.807) is 18.2 Å². The van der Waals surface area contributed by atoms with Gasteiger partial charge in [-0.25, -0.2) is 8.42 Å². The van der Waals surface area contributed by atoms with Crippen LogP contribution >= 0.6 is 15.9 Å². The average Bonchev–Trinajstić information content (AvgIpc) is 2.85. The van der Waals surface area contributed by atoms with E-state index in [0.29, 0.717) is 10.2 Å². The summed E-state index contributed by atoms with van der Waals surface area (Å²) in [6.45, 7) is 0. The predicted molar refractivity (Wildman–Crippen MR) is 87.9 cm³/mol. The Hall–Kier alpha value is -1.33. The van der Waals surface area contributed by atoms with Crippen LogP contribution in [0.1, 0.15) is 23.1 Å². The lowest BCUT2D eigenvalue weighted by atomic mass is 10.1. The molecule has 110 valence electrons. The molecular weight excluding hydrogens is 350 g/mol. The summed E-state index contributed by atoms with van der Waals surface area (Å²) in [6, 6.07) is 10.8. The summed E-state index contributed by atoms with van der Waals surface area (Å²) in [5.74, 6) is 0.0167. The zero-order valence-corrected chi connectivity index (χ0v) is 13.9. The molecule has 2 aromatic rings. The van der Waals surface area contributed by atoms with Gasteiger partial charge in [0.05, 0.1) is 10.6 Å². The van der Waals surface area contributed by atoms with E-state index in [2.05, 4.69) is 22.0 Å². The van der Waals surface area contributed by atoms with Crippen molar-refractivity contribution >= 4 is 31.5 Å². The fourth-order valence-electron chi connectivity index (χ4n) is 2.78. The van der Waals surface area contributed by atoms with Crippen molar-refractivity contribution in [1.29, 1.82) is 0 Å². The molecule has 0 aliphatic heterocycles. The van der Waals surface area contributed by atoms with E-state index in [9.17, 15) is 8.42 Å². The second-order valence-corrected chi connectivity index (χ2v) is 8.22. The van der Waals surface area contributed by atoms with Gasteiger partial charge in [-0.1, -0.05) is 18.2 Å². The highest BCUT2D eigenvalue weighted by Gasteiger charge is 2.20. The van der Waals surface area contributed by atoms with E-state index in [1.165, 1.54) is 11.1 Å². The molecular formula is C16H16BrNO2S. The summed E-state index contributed by atoms with van der Waals surface area (Å²) in [5.41, 5.74) is 9.69. The van der Waals surface area contributed by atoms with Crippen LogP contribution in [-0.2, 0) is 28.4 Å². The van der Waals surface area contributed by atoms with Crippen LogP contribution in [0.5, 0.6) is 0 Å². The van der Waals surface area contributed by atoms with Crippen molar-refractivity contribution in [2.75, 3.05) is 5.73 Å². The molecule has 0 aromatic heterocycles. The van der Waals surface area contributed by atoms with Crippen LogP contribution in [0.3, 0.4) is 0 Å².